The molecule has 0 aliphatic carbocycles. The molecule has 0 aromatic rings. The van der Waals surface area contributed by atoms with Gasteiger partial charge in [0.15, 0.2) is 0 Å². The Hall–Kier alpha value is -1.25. The summed E-state index contributed by atoms with van der Waals surface area (Å²) in [5.74, 6) is 0.387. The predicted octanol–water partition coefficient (Wildman–Crippen LogP) is 1.38. The zero-order valence-electron chi connectivity index (χ0n) is 7.96. The number of nitrogens with two attached hydrogens (primary N) is 2. The Bertz CT molecular complexity index is 218. The minimum Gasteiger partial charge on any atom is -0.401 e. The fraction of sp³-hybridized carbons (Fsp3) is 0.444. The molecular weight excluding hydrogens is 150 g/mol. The van der Waals surface area contributed by atoms with Gasteiger partial charge in [-0.15, -0.1) is 0 Å². The van der Waals surface area contributed by atoms with Crippen molar-refractivity contribution >= 4 is 5.84 Å². The molecule has 0 fully saturated rings. The maximum absolute atomic E-state index is 5.75. The predicted molar refractivity (Wildman–Crippen MR) is 53.5 cm³/mol. The molecule has 0 saturated heterocycles. The van der Waals surface area contributed by atoms with Gasteiger partial charge in [0.2, 0.25) is 0 Å². The lowest BCUT2D eigenvalue weighted by Crippen LogP contribution is -2.20. The molecule has 4 N–H and O–H groups in total. The normalized spacial score (nSPS) is 14.6. The molecule has 0 aromatic carbocycles. The topological polar surface area (TPSA) is 64.4 Å². The Morgan fingerprint density at radius 2 is 1.83 bits per heavy atom. The second-order valence-electron chi connectivity index (χ2n) is 3.59. The second kappa shape index (κ2) is 3.95. The van der Waals surface area contributed by atoms with E-state index in [0.717, 1.165) is 0 Å². The summed E-state index contributed by atoms with van der Waals surface area (Å²) in [6.07, 6.45) is 3.05. The van der Waals surface area contributed by atoms with Crippen molar-refractivity contribution in [1.29, 1.82) is 0 Å². The number of nitrogens with zero attached hydrogens (tertiary/aromatic N) is 1. The van der Waals surface area contributed by atoms with Gasteiger partial charge in [0.05, 0.1) is 0 Å². The molecular formula is C9H17N3. The Morgan fingerprint density at radius 1 is 1.33 bits per heavy atom. The van der Waals surface area contributed by atoms with Crippen molar-refractivity contribution in [3.63, 3.8) is 0 Å². The molecule has 12 heavy (non-hydrogen) atoms. The SMILES string of the molecule is C=CN=C(N)/C=C(\N)C(C)(C)C. The van der Waals surface area contributed by atoms with Gasteiger partial charge in [-0.1, -0.05) is 27.4 Å². The summed E-state index contributed by atoms with van der Waals surface area (Å²) in [4.78, 5) is 3.78. The molecule has 3 nitrogen and oxygen atoms in total. The van der Waals surface area contributed by atoms with Crippen LogP contribution >= 0.6 is 0 Å². The van der Waals surface area contributed by atoms with Gasteiger partial charge in [-0.3, -0.25) is 0 Å². The fourth-order valence-corrected chi connectivity index (χ4v) is 0.519. The molecule has 0 saturated carbocycles. The molecule has 3 heteroatoms. The molecule has 0 unspecified atom stereocenters. The third-order valence-corrected chi connectivity index (χ3v) is 1.41. The number of hydrogen-bond donors (Lipinski definition) is 2. The van der Waals surface area contributed by atoms with E-state index in [2.05, 4.69) is 11.6 Å². The van der Waals surface area contributed by atoms with Crippen LogP contribution in [0.2, 0.25) is 0 Å². The van der Waals surface area contributed by atoms with Crippen molar-refractivity contribution in [3.8, 4) is 0 Å². The zero-order chi connectivity index (χ0) is 9.78. The van der Waals surface area contributed by atoms with Gasteiger partial charge < -0.3 is 11.5 Å². The van der Waals surface area contributed by atoms with Gasteiger partial charge >= 0.3 is 0 Å². The third-order valence-electron chi connectivity index (χ3n) is 1.41. The van der Waals surface area contributed by atoms with Crippen LogP contribution in [0, 0.1) is 5.41 Å². The largest absolute Gasteiger partial charge is 0.401 e. The van der Waals surface area contributed by atoms with Crippen LogP contribution in [0.25, 0.3) is 0 Å². The molecule has 0 bridgehead atoms. The molecule has 0 aliphatic rings. The highest BCUT2D eigenvalue weighted by molar-refractivity contribution is 5.92. The van der Waals surface area contributed by atoms with Crippen LogP contribution in [0.15, 0.2) is 29.5 Å². The van der Waals surface area contributed by atoms with Gasteiger partial charge in [-0.05, 0) is 6.08 Å². The molecule has 0 spiro atoms. The van der Waals surface area contributed by atoms with Crippen molar-refractivity contribution in [3.05, 3.63) is 24.6 Å². The summed E-state index contributed by atoms with van der Waals surface area (Å²) in [5, 5.41) is 0. The van der Waals surface area contributed by atoms with Gasteiger partial charge in [0.1, 0.15) is 5.84 Å². The van der Waals surface area contributed by atoms with E-state index in [-0.39, 0.29) is 5.41 Å². The van der Waals surface area contributed by atoms with Crippen LogP contribution in [0.4, 0.5) is 0 Å². The van der Waals surface area contributed by atoms with E-state index in [1.807, 2.05) is 20.8 Å². The molecule has 0 aromatic heterocycles. The lowest BCUT2D eigenvalue weighted by molar-refractivity contribution is 0.498. The van der Waals surface area contributed by atoms with Crippen LogP contribution in [-0.4, -0.2) is 5.84 Å². The van der Waals surface area contributed by atoms with Crippen molar-refractivity contribution in [2.24, 2.45) is 21.9 Å². The Balaban J connectivity index is 4.57. The number of rotatable bonds is 2. The number of hydrogen-bond acceptors (Lipinski definition) is 2. The second-order valence-corrected chi connectivity index (χ2v) is 3.59. The van der Waals surface area contributed by atoms with E-state index in [1.165, 1.54) is 6.20 Å². The summed E-state index contributed by atoms with van der Waals surface area (Å²) in [6, 6.07) is 0. The monoisotopic (exact) mass is 167 g/mol. The molecule has 0 rings (SSSR count). The first-order chi connectivity index (χ1) is 5.38. The van der Waals surface area contributed by atoms with Crippen LogP contribution in [0.5, 0.6) is 0 Å². The van der Waals surface area contributed by atoms with E-state index in [0.29, 0.717) is 11.5 Å². The van der Waals surface area contributed by atoms with Crippen LogP contribution in [0.3, 0.4) is 0 Å². The first-order valence-corrected chi connectivity index (χ1v) is 3.79. The molecule has 0 atom stereocenters. The van der Waals surface area contributed by atoms with E-state index < -0.39 is 0 Å². The highest BCUT2D eigenvalue weighted by Crippen LogP contribution is 2.19. The van der Waals surface area contributed by atoms with E-state index >= 15 is 0 Å². The molecule has 0 aliphatic heterocycles. The minimum absolute atomic E-state index is 0.0681. The summed E-state index contributed by atoms with van der Waals surface area (Å²) >= 11 is 0. The van der Waals surface area contributed by atoms with Crippen LogP contribution < -0.4 is 11.5 Å². The maximum Gasteiger partial charge on any atom is 0.124 e. The van der Waals surface area contributed by atoms with Crippen molar-refractivity contribution in [2.45, 2.75) is 20.8 Å². The van der Waals surface area contributed by atoms with Gasteiger partial charge in [0, 0.05) is 17.3 Å². The number of amidine groups is 1. The average molecular weight is 167 g/mol. The van der Waals surface area contributed by atoms with Crippen LogP contribution in [-0.2, 0) is 0 Å². The fourth-order valence-electron chi connectivity index (χ4n) is 0.519. The van der Waals surface area contributed by atoms with Crippen molar-refractivity contribution in [2.75, 3.05) is 0 Å². The van der Waals surface area contributed by atoms with E-state index in [4.69, 9.17) is 11.5 Å². The molecule has 0 heterocycles. The maximum atomic E-state index is 5.75. The highest BCUT2D eigenvalue weighted by atomic mass is 14.8. The van der Waals surface area contributed by atoms with E-state index in [9.17, 15) is 0 Å². The van der Waals surface area contributed by atoms with Crippen molar-refractivity contribution < 1.29 is 0 Å². The Morgan fingerprint density at radius 3 is 2.17 bits per heavy atom. The first-order valence-electron chi connectivity index (χ1n) is 3.79. The summed E-state index contributed by atoms with van der Waals surface area (Å²) in [6.45, 7) is 9.47. The van der Waals surface area contributed by atoms with Gasteiger partial charge in [0.25, 0.3) is 0 Å². The third kappa shape index (κ3) is 3.81. The molecule has 0 amide bonds. The number of aliphatic imine (C=N–C) groups is 1. The number of allylic oxidation sites excluding steroid dienone is 1. The summed E-state index contributed by atoms with van der Waals surface area (Å²) in [7, 11) is 0. The molecule has 68 valence electrons. The average Bonchev–Trinajstić information content (AvgIpc) is 1.85. The minimum atomic E-state index is -0.0681. The smallest absolute Gasteiger partial charge is 0.124 e. The Kier molecular flexibility index (Phi) is 3.54. The quantitative estimate of drug-likeness (QED) is 0.482. The summed E-state index contributed by atoms with van der Waals surface area (Å²) in [5.41, 5.74) is 11.9. The van der Waals surface area contributed by atoms with Gasteiger partial charge in [-0.2, -0.15) is 0 Å². The summed E-state index contributed by atoms with van der Waals surface area (Å²) < 4.78 is 0. The standard InChI is InChI=1S/C9H17N3/c1-5-12-8(11)6-7(10)9(2,3)4/h5-6H,1,10H2,2-4H3,(H2,11,12)/b7-6-. The Labute approximate surface area is 73.9 Å². The van der Waals surface area contributed by atoms with Crippen molar-refractivity contribution in [1.82, 2.24) is 0 Å². The highest BCUT2D eigenvalue weighted by Gasteiger charge is 2.13. The lowest BCUT2D eigenvalue weighted by Gasteiger charge is -2.18. The molecule has 0 radical (unpaired) electrons. The van der Waals surface area contributed by atoms with E-state index in [1.54, 1.807) is 6.08 Å². The zero-order valence-corrected chi connectivity index (χ0v) is 7.96. The first kappa shape index (κ1) is 10.8. The van der Waals surface area contributed by atoms with Gasteiger partial charge in [-0.25, -0.2) is 4.99 Å². The lowest BCUT2D eigenvalue weighted by atomic mass is 9.92. The van der Waals surface area contributed by atoms with Crippen LogP contribution in [0.1, 0.15) is 20.8 Å².